The number of imide groups is 2. The number of para-hydroxylation sites is 1. The van der Waals surface area contributed by atoms with Crippen molar-refractivity contribution in [2.75, 3.05) is 18.5 Å². The highest BCUT2D eigenvalue weighted by Crippen LogP contribution is 2.50. The lowest BCUT2D eigenvalue weighted by molar-refractivity contribution is -0.153. The number of nitrogens with one attached hydrogen (secondary N) is 1. The Morgan fingerprint density at radius 3 is 2.60 bits per heavy atom. The Hall–Kier alpha value is -3.22. The first-order valence-corrected chi connectivity index (χ1v) is 10.2. The van der Waals surface area contributed by atoms with Gasteiger partial charge in [-0.1, -0.05) is 42.5 Å². The number of amides is 4. The van der Waals surface area contributed by atoms with Crippen LogP contribution in [0.15, 0.2) is 48.5 Å². The fourth-order valence-corrected chi connectivity index (χ4v) is 5.40. The molecule has 0 radical (unpaired) electrons. The molecule has 0 saturated carbocycles. The predicted octanol–water partition coefficient (Wildman–Crippen LogP) is 2.83. The third-order valence-electron chi connectivity index (χ3n) is 6.89. The Bertz CT molecular complexity index is 1060. The van der Waals surface area contributed by atoms with Gasteiger partial charge >= 0.3 is 6.03 Å². The average Bonchev–Trinajstić information content (AvgIpc) is 2.76. The molecule has 2 fully saturated rings. The van der Waals surface area contributed by atoms with E-state index in [2.05, 4.69) is 5.32 Å². The first kappa shape index (κ1) is 18.8. The third-order valence-corrected chi connectivity index (χ3v) is 6.89. The second kappa shape index (κ2) is 6.65. The summed E-state index contributed by atoms with van der Waals surface area (Å²) in [5.74, 6) is -1.32. The fourth-order valence-electron chi connectivity index (χ4n) is 5.40. The molecule has 30 heavy (non-hydrogen) atoms. The molecule has 5 rings (SSSR count). The van der Waals surface area contributed by atoms with E-state index in [0.29, 0.717) is 24.2 Å². The molecule has 1 N–H and O–H groups in total. The van der Waals surface area contributed by atoms with Crippen LogP contribution in [0.25, 0.3) is 0 Å². The van der Waals surface area contributed by atoms with Crippen LogP contribution in [0.1, 0.15) is 29.9 Å². The van der Waals surface area contributed by atoms with Gasteiger partial charge in [0.25, 0.3) is 0 Å². The van der Waals surface area contributed by atoms with Crippen molar-refractivity contribution in [3.8, 4) is 0 Å². The average molecular weight is 407 g/mol. The Balaban J connectivity index is 1.65. The molecule has 2 aromatic rings. The van der Waals surface area contributed by atoms with Crippen LogP contribution in [0.5, 0.6) is 0 Å². The summed E-state index contributed by atoms with van der Waals surface area (Å²) in [5.41, 5.74) is 0.770. The molecule has 3 atom stereocenters. The molecule has 154 valence electrons. The Kier molecular flexibility index (Phi) is 4.17. The van der Waals surface area contributed by atoms with Crippen molar-refractivity contribution in [1.29, 1.82) is 0 Å². The zero-order valence-corrected chi connectivity index (χ0v) is 16.6. The molecule has 3 unspecified atom stereocenters. The number of urea groups is 1. The first-order valence-electron chi connectivity index (χ1n) is 10.2. The van der Waals surface area contributed by atoms with Gasteiger partial charge in [-0.15, -0.1) is 0 Å². The number of nitrogens with zero attached hydrogens (tertiary/aromatic N) is 2. The number of carbonyl (C=O) groups excluding carboxylic acids is 3. The van der Waals surface area contributed by atoms with E-state index < -0.39 is 29.3 Å². The van der Waals surface area contributed by atoms with Gasteiger partial charge in [-0.05, 0) is 42.4 Å². The molecular formula is C23H22FN3O3. The summed E-state index contributed by atoms with van der Waals surface area (Å²) in [6.07, 6.45) is 1.39. The fraction of sp³-hybridized carbons (Fsp3) is 0.348. The molecule has 3 aliphatic heterocycles. The van der Waals surface area contributed by atoms with Crippen LogP contribution in [0.4, 0.5) is 14.9 Å². The van der Waals surface area contributed by atoms with Crippen molar-refractivity contribution >= 4 is 23.5 Å². The Morgan fingerprint density at radius 1 is 1.07 bits per heavy atom. The van der Waals surface area contributed by atoms with Crippen molar-refractivity contribution in [2.45, 2.75) is 31.2 Å². The third kappa shape index (κ3) is 2.51. The topological polar surface area (TPSA) is 69.7 Å². The second-order valence-electron chi connectivity index (χ2n) is 8.36. The first-order chi connectivity index (χ1) is 14.4. The molecule has 0 bridgehead atoms. The maximum absolute atomic E-state index is 14.9. The molecule has 2 aromatic carbocycles. The molecule has 1 spiro atoms. The summed E-state index contributed by atoms with van der Waals surface area (Å²) in [7, 11) is 1.38. The highest BCUT2D eigenvalue weighted by Gasteiger charge is 2.62. The lowest BCUT2D eigenvalue weighted by Gasteiger charge is -2.54. The number of halogens is 1. The smallest absolute Gasteiger partial charge is 0.330 e. The number of benzene rings is 2. The van der Waals surface area contributed by atoms with Gasteiger partial charge in [0.2, 0.25) is 11.8 Å². The normalized spacial score (nSPS) is 28.3. The van der Waals surface area contributed by atoms with Crippen LogP contribution in [0.3, 0.4) is 0 Å². The van der Waals surface area contributed by atoms with E-state index in [1.54, 1.807) is 12.1 Å². The van der Waals surface area contributed by atoms with Crippen LogP contribution in [0, 0.1) is 11.2 Å². The van der Waals surface area contributed by atoms with Gasteiger partial charge < -0.3 is 4.90 Å². The van der Waals surface area contributed by atoms with Crippen LogP contribution in [0.2, 0.25) is 0 Å². The van der Waals surface area contributed by atoms with E-state index in [4.69, 9.17) is 0 Å². The van der Waals surface area contributed by atoms with Gasteiger partial charge in [-0.2, -0.15) is 0 Å². The summed E-state index contributed by atoms with van der Waals surface area (Å²) in [5, 5.41) is 2.36. The zero-order chi connectivity index (χ0) is 21.0. The van der Waals surface area contributed by atoms with Gasteiger partial charge in [0.1, 0.15) is 5.82 Å². The van der Waals surface area contributed by atoms with Crippen molar-refractivity contribution < 1.29 is 18.8 Å². The van der Waals surface area contributed by atoms with Crippen molar-refractivity contribution in [1.82, 2.24) is 10.2 Å². The molecule has 2 saturated heterocycles. The minimum atomic E-state index is -1.46. The number of rotatable bonds is 1. The molecule has 7 heteroatoms. The second-order valence-corrected chi connectivity index (χ2v) is 8.36. The minimum absolute atomic E-state index is 0.0745. The predicted molar refractivity (Wildman–Crippen MR) is 108 cm³/mol. The van der Waals surface area contributed by atoms with Crippen LogP contribution in [-0.2, 0) is 16.0 Å². The number of hydrogen-bond acceptors (Lipinski definition) is 4. The summed E-state index contributed by atoms with van der Waals surface area (Å²) in [4.78, 5) is 41.6. The molecule has 6 nitrogen and oxygen atoms in total. The molecule has 0 aliphatic carbocycles. The number of anilines is 1. The van der Waals surface area contributed by atoms with E-state index in [-0.39, 0.29) is 18.2 Å². The van der Waals surface area contributed by atoms with Gasteiger partial charge in [0.15, 0.2) is 5.41 Å². The summed E-state index contributed by atoms with van der Waals surface area (Å²) in [6.45, 7) is 0.526. The van der Waals surface area contributed by atoms with E-state index >= 15 is 0 Å². The van der Waals surface area contributed by atoms with Crippen molar-refractivity contribution in [3.63, 3.8) is 0 Å². The number of carbonyl (C=O) groups is 3. The number of hydrogen-bond donors (Lipinski definition) is 1. The van der Waals surface area contributed by atoms with Crippen LogP contribution >= 0.6 is 0 Å². The summed E-state index contributed by atoms with van der Waals surface area (Å²) in [6, 6.07) is 13.5. The van der Waals surface area contributed by atoms with E-state index in [1.807, 2.05) is 35.2 Å². The van der Waals surface area contributed by atoms with Gasteiger partial charge in [-0.25, -0.2) is 9.18 Å². The van der Waals surface area contributed by atoms with Gasteiger partial charge in [-0.3, -0.25) is 19.8 Å². The molecular weight excluding hydrogens is 385 g/mol. The summed E-state index contributed by atoms with van der Waals surface area (Å²) >= 11 is 0. The quantitative estimate of drug-likeness (QED) is 0.738. The SMILES string of the molecule is CN1C(=O)NC(=O)C2(Cc3cccc(F)c3N3CCC(c4ccccc4)CC32)C1=O. The molecule has 3 aliphatic rings. The maximum atomic E-state index is 14.9. The lowest BCUT2D eigenvalue weighted by atomic mass is 9.64. The molecule has 3 heterocycles. The van der Waals surface area contributed by atoms with Crippen LogP contribution in [-0.4, -0.2) is 42.4 Å². The number of piperidine rings is 1. The maximum Gasteiger partial charge on any atom is 0.330 e. The van der Waals surface area contributed by atoms with E-state index in [1.165, 1.54) is 13.1 Å². The largest absolute Gasteiger partial charge is 0.364 e. The zero-order valence-electron chi connectivity index (χ0n) is 16.6. The van der Waals surface area contributed by atoms with Crippen molar-refractivity contribution in [2.24, 2.45) is 5.41 Å². The summed E-state index contributed by atoms with van der Waals surface area (Å²) < 4.78 is 14.9. The lowest BCUT2D eigenvalue weighted by Crippen LogP contribution is -2.72. The van der Waals surface area contributed by atoms with E-state index in [9.17, 15) is 18.8 Å². The molecule has 0 aromatic heterocycles. The number of fused-ring (bicyclic) bond motifs is 4. The van der Waals surface area contributed by atoms with Gasteiger partial charge in [0.05, 0.1) is 11.7 Å². The molecule has 4 amide bonds. The standard InChI is InChI=1S/C23H22FN3O3/c1-26-21(29)23(20(28)25-22(26)30)13-16-8-5-9-17(24)19(16)27-11-10-15(12-18(23)27)14-6-3-2-4-7-14/h2-9,15,18H,10-13H2,1H3,(H,25,28,30). The van der Waals surface area contributed by atoms with Crippen molar-refractivity contribution in [3.05, 3.63) is 65.5 Å². The van der Waals surface area contributed by atoms with Crippen LogP contribution < -0.4 is 10.2 Å². The highest BCUT2D eigenvalue weighted by atomic mass is 19.1. The monoisotopic (exact) mass is 407 g/mol. The Labute approximate surface area is 173 Å². The van der Waals surface area contributed by atoms with E-state index in [0.717, 1.165) is 16.9 Å². The Morgan fingerprint density at radius 2 is 1.83 bits per heavy atom. The minimum Gasteiger partial charge on any atom is -0.364 e. The number of barbiturate groups is 1. The van der Waals surface area contributed by atoms with Gasteiger partial charge in [0, 0.05) is 13.6 Å². The highest BCUT2D eigenvalue weighted by molar-refractivity contribution is 6.20.